The molecule has 0 fully saturated rings. The summed E-state index contributed by atoms with van der Waals surface area (Å²) in [5.41, 5.74) is 4.28. The fraction of sp³-hybridized carbons (Fsp3) is 0.600. The summed E-state index contributed by atoms with van der Waals surface area (Å²) in [7, 11) is 0. The number of rotatable bonds is 5. The smallest absolute Gasteiger partial charge is 0.0214 e. The maximum absolute atomic E-state index is 3.86. The first-order valence-electron chi connectivity index (χ1n) is 6.28. The summed E-state index contributed by atoms with van der Waals surface area (Å²) in [6.07, 6.45) is 3.68. The van der Waals surface area contributed by atoms with Crippen molar-refractivity contribution in [3.63, 3.8) is 0 Å². The summed E-state index contributed by atoms with van der Waals surface area (Å²) in [6, 6.07) is 6.75. The fourth-order valence-electron chi connectivity index (χ4n) is 2.20. The number of hydrogen-bond acceptors (Lipinski definition) is 0. The number of halogens is 1. The highest BCUT2D eigenvalue weighted by Crippen LogP contribution is 2.25. The van der Waals surface area contributed by atoms with Crippen LogP contribution in [0.25, 0.3) is 0 Å². The summed E-state index contributed by atoms with van der Waals surface area (Å²) in [6.45, 7) is 8.95. The molecule has 16 heavy (non-hydrogen) atoms. The van der Waals surface area contributed by atoms with Gasteiger partial charge in [-0.15, -0.1) is 0 Å². The van der Waals surface area contributed by atoms with Gasteiger partial charge in [-0.3, -0.25) is 0 Å². The van der Waals surface area contributed by atoms with Crippen molar-refractivity contribution in [3.8, 4) is 0 Å². The van der Waals surface area contributed by atoms with Crippen LogP contribution in [0.4, 0.5) is 0 Å². The average molecular weight is 283 g/mol. The van der Waals surface area contributed by atoms with Crippen molar-refractivity contribution >= 4 is 15.9 Å². The van der Waals surface area contributed by atoms with Crippen molar-refractivity contribution in [2.24, 2.45) is 5.92 Å². The van der Waals surface area contributed by atoms with E-state index in [9.17, 15) is 0 Å². The fourth-order valence-corrected chi connectivity index (χ4v) is 3.29. The van der Waals surface area contributed by atoms with Crippen molar-refractivity contribution in [1.29, 1.82) is 0 Å². The largest absolute Gasteiger partial charge is 0.0884 e. The molecule has 1 unspecified atom stereocenters. The van der Waals surface area contributed by atoms with Crippen LogP contribution in [-0.2, 0) is 6.42 Å². The van der Waals surface area contributed by atoms with E-state index in [-0.39, 0.29) is 0 Å². The highest BCUT2D eigenvalue weighted by atomic mass is 79.9. The summed E-state index contributed by atoms with van der Waals surface area (Å²) >= 11 is 3.86. The molecule has 1 heteroatoms. The van der Waals surface area contributed by atoms with E-state index in [0.29, 0.717) is 4.83 Å². The molecule has 1 aromatic rings. The van der Waals surface area contributed by atoms with E-state index in [1.807, 2.05) is 0 Å². The van der Waals surface area contributed by atoms with Crippen LogP contribution in [0.1, 0.15) is 43.4 Å². The third kappa shape index (κ3) is 3.62. The van der Waals surface area contributed by atoms with Crippen molar-refractivity contribution in [1.82, 2.24) is 0 Å². The van der Waals surface area contributed by atoms with Gasteiger partial charge in [-0.1, -0.05) is 66.4 Å². The average Bonchev–Trinajstić information content (AvgIpc) is 2.25. The number of hydrogen-bond donors (Lipinski definition) is 0. The van der Waals surface area contributed by atoms with E-state index in [1.165, 1.54) is 29.5 Å². The van der Waals surface area contributed by atoms with Crippen LogP contribution in [0.5, 0.6) is 0 Å². The van der Waals surface area contributed by atoms with E-state index in [4.69, 9.17) is 0 Å². The van der Waals surface area contributed by atoms with Crippen LogP contribution in [0, 0.1) is 19.8 Å². The van der Waals surface area contributed by atoms with Crippen LogP contribution in [0.15, 0.2) is 18.2 Å². The lowest BCUT2D eigenvalue weighted by molar-refractivity contribution is 0.474. The Hall–Kier alpha value is -0.300. The molecule has 0 heterocycles. The molecule has 1 aromatic carbocycles. The van der Waals surface area contributed by atoms with Gasteiger partial charge in [0.1, 0.15) is 0 Å². The lowest BCUT2D eigenvalue weighted by Gasteiger charge is -2.20. The van der Waals surface area contributed by atoms with Gasteiger partial charge in [0.05, 0.1) is 0 Å². The second-order valence-corrected chi connectivity index (χ2v) is 5.90. The number of aryl methyl sites for hydroxylation is 2. The Morgan fingerprint density at radius 2 is 1.75 bits per heavy atom. The Bertz CT molecular complexity index is 326. The molecule has 1 atom stereocenters. The minimum absolute atomic E-state index is 0.614. The Morgan fingerprint density at radius 1 is 1.12 bits per heavy atom. The van der Waals surface area contributed by atoms with Gasteiger partial charge in [0.15, 0.2) is 0 Å². The van der Waals surface area contributed by atoms with E-state index in [0.717, 1.165) is 12.3 Å². The van der Waals surface area contributed by atoms with E-state index < -0.39 is 0 Å². The molecule has 0 spiro atoms. The van der Waals surface area contributed by atoms with Gasteiger partial charge < -0.3 is 0 Å². The Labute approximate surface area is 109 Å². The van der Waals surface area contributed by atoms with Crippen molar-refractivity contribution in [2.75, 3.05) is 0 Å². The van der Waals surface area contributed by atoms with Gasteiger partial charge in [-0.05, 0) is 37.3 Å². The first-order valence-corrected chi connectivity index (χ1v) is 7.20. The molecule has 0 amide bonds. The maximum atomic E-state index is 3.86. The van der Waals surface area contributed by atoms with Gasteiger partial charge in [-0.25, -0.2) is 0 Å². The van der Waals surface area contributed by atoms with Crippen molar-refractivity contribution in [2.45, 2.75) is 51.8 Å². The SMILES string of the molecule is CCC(CC)C(Br)Cc1cc(C)ccc1C. The molecule has 0 radical (unpaired) electrons. The maximum Gasteiger partial charge on any atom is 0.0214 e. The first-order chi connectivity index (χ1) is 7.58. The van der Waals surface area contributed by atoms with Gasteiger partial charge in [0, 0.05) is 4.83 Å². The second-order valence-electron chi connectivity index (χ2n) is 4.73. The van der Waals surface area contributed by atoms with Crippen LogP contribution in [0.2, 0.25) is 0 Å². The molecule has 0 aromatic heterocycles. The summed E-state index contributed by atoms with van der Waals surface area (Å²) in [4.78, 5) is 0.614. The number of alkyl halides is 1. The van der Waals surface area contributed by atoms with Gasteiger partial charge in [0.2, 0.25) is 0 Å². The summed E-state index contributed by atoms with van der Waals surface area (Å²) in [5, 5.41) is 0. The standard InChI is InChI=1S/C15H23Br/c1-5-13(6-2)15(16)10-14-9-11(3)7-8-12(14)4/h7-9,13,15H,5-6,10H2,1-4H3. The summed E-state index contributed by atoms with van der Waals surface area (Å²) in [5.74, 6) is 0.792. The predicted octanol–water partition coefficient (Wildman–Crippen LogP) is 5.05. The molecule has 0 aliphatic rings. The molecular weight excluding hydrogens is 260 g/mol. The normalized spacial score (nSPS) is 13.1. The lowest BCUT2D eigenvalue weighted by atomic mass is 9.92. The van der Waals surface area contributed by atoms with E-state index in [2.05, 4.69) is 61.8 Å². The third-order valence-electron chi connectivity index (χ3n) is 3.48. The zero-order valence-electron chi connectivity index (χ0n) is 10.9. The topological polar surface area (TPSA) is 0 Å². The van der Waals surface area contributed by atoms with Crippen molar-refractivity contribution < 1.29 is 0 Å². The first kappa shape index (κ1) is 13.8. The van der Waals surface area contributed by atoms with Gasteiger partial charge >= 0.3 is 0 Å². The second kappa shape index (κ2) is 6.44. The van der Waals surface area contributed by atoms with Crippen molar-refractivity contribution in [3.05, 3.63) is 34.9 Å². The molecule has 0 aliphatic heterocycles. The van der Waals surface area contributed by atoms with E-state index >= 15 is 0 Å². The molecule has 0 bridgehead atoms. The van der Waals surface area contributed by atoms with Crippen LogP contribution in [-0.4, -0.2) is 4.83 Å². The minimum Gasteiger partial charge on any atom is -0.0884 e. The van der Waals surface area contributed by atoms with Gasteiger partial charge in [0.25, 0.3) is 0 Å². The minimum atomic E-state index is 0.614. The predicted molar refractivity (Wildman–Crippen MR) is 76.4 cm³/mol. The molecular formula is C15H23Br. The van der Waals surface area contributed by atoms with E-state index in [1.54, 1.807) is 0 Å². The molecule has 0 saturated heterocycles. The Kier molecular flexibility index (Phi) is 5.54. The van der Waals surface area contributed by atoms with Crippen LogP contribution < -0.4 is 0 Å². The lowest BCUT2D eigenvalue weighted by Crippen LogP contribution is -2.16. The summed E-state index contributed by atoms with van der Waals surface area (Å²) < 4.78 is 0. The highest BCUT2D eigenvalue weighted by Gasteiger charge is 2.16. The third-order valence-corrected chi connectivity index (χ3v) is 4.55. The van der Waals surface area contributed by atoms with Crippen LogP contribution >= 0.6 is 15.9 Å². The molecule has 0 N–H and O–H groups in total. The quantitative estimate of drug-likeness (QED) is 0.664. The molecule has 0 nitrogen and oxygen atoms in total. The molecule has 0 saturated carbocycles. The van der Waals surface area contributed by atoms with Crippen LogP contribution in [0.3, 0.4) is 0 Å². The Morgan fingerprint density at radius 3 is 2.31 bits per heavy atom. The molecule has 1 rings (SSSR count). The van der Waals surface area contributed by atoms with Gasteiger partial charge in [-0.2, -0.15) is 0 Å². The number of benzene rings is 1. The zero-order valence-corrected chi connectivity index (χ0v) is 12.5. The highest BCUT2D eigenvalue weighted by molar-refractivity contribution is 9.09. The zero-order chi connectivity index (χ0) is 12.1. The Balaban J connectivity index is 2.75. The molecule has 0 aliphatic carbocycles. The monoisotopic (exact) mass is 282 g/mol. The molecule has 90 valence electrons.